The summed E-state index contributed by atoms with van der Waals surface area (Å²) >= 11 is 5.97. The normalized spacial score (nSPS) is 11.0. The molecule has 0 aliphatic carbocycles. The summed E-state index contributed by atoms with van der Waals surface area (Å²) in [7, 11) is 0. The zero-order valence-electron chi connectivity index (χ0n) is 16.6. The lowest BCUT2D eigenvalue weighted by Crippen LogP contribution is -2.06. The molecule has 146 valence electrons. The van der Waals surface area contributed by atoms with Gasteiger partial charge in [-0.05, 0) is 67.3 Å². The summed E-state index contributed by atoms with van der Waals surface area (Å²) in [6, 6.07) is 19.1. The van der Waals surface area contributed by atoms with Crippen molar-refractivity contribution >= 4 is 22.6 Å². The van der Waals surface area contributed by atoms with Gasteiger partial charge in [0, 0.05) is 16.5 Å². The number of hydrogen-bond acceptors (Lipinski definition) is 3. The number of fused-ring (bicyclic) bond motifs is 1. The van der Waals surface area contributed by atoms with Gasteiger partial charge in [-0.1, -0.05) is 47.5 Å². The molecule has 29 heavy (non-hydrogen) atoms. The predicted molar refractivity (Wildman–Crippen MR) is 118 cm³/mol. The third-order valence-corrected chi connectivity index (χ3v) is 5.42. The van der Waals surface area contributed by atoms with Crippen molar-refractivity contribution in [2.75, 3.05) is 0 Å². The Kier molecular flexibility index (Phi) is 5.16. The van der Waals surface area contributed by atoms with E-state index in [0.29, 0.717) is 28.5 Å². The lowest BCUT2D eigenvalue weighted by Gasteiger charge is -2.12. The first-order valence-corrected chi connectivity index (χ1v) is 9.82. The molecule has 0 radical (unpaired) electrons. The van der Waals surface area contributed by atoms with E-state index in [2.05, 4.69) is 32.0 Å². The monoisotopic (exact) mass is 404 g/mol. The highest BCUT2D eigenvalue weighted by Gasteiger charge is 2.14. The second-order valence-electron chi connectivity index (χ2n) is 7.27. The molecule has 0 atom stereocenters. The largest absolute Gasteiger partial charge is 0.489 e. The molecule has 0 spiro atoms. The van der Waals surface area contributed by atoms with Gasteiger partial charge in [-0.3, -0.25) is 0 Å². The van der Waals surface area contributed by atoms with Crippen LogP contribution in [-0.4, -0.2) is 0 Å². The zero-order valence-corrected chi connectivity index (χ0v) is 17.3. The highest BCUT2D eigenvalue weighted by atomic mass is 35.5. The van der Waals surface area contributed by atoms with Crippen molar-refractivity contribution in [2.24, 2.45) is 0 Å². The van der Waals surface area contributed by atoms with Crippen molar-refractivity contribution < 1.29 is 9.15 Å². The number of hydrogen-bond donors (Lipinski definition) is 0. The highest BCUT2D eigenvalue weighted by Crippen LogP contribution is 2.30. The van der Waals surface area contributed by atoms with Crippen LogP contribution in [0.2, 0.25) is 5.02 Å². The van der Waals surface area contributed by atoms with Crippen LogP contribution < -0.4 is 10.4 Å². The topological polar surface area (TPSA) is 39.4 Å². The Bertz CT molecular complexity index is 1250. The van der Waals surface area contributed by atoms with Gasteiger partial charge in [-0.15, -0.1) is 0 Å². The molecule has 0 fully saturated rings. The second-order valence-corrected chi connectivity index (χ2v) is 7.71. The summed E-state index contributed by atoms with van der Waals surface area (Å²) in [6.07, 6.45) is 0. The molecule has 0 aliphatic heterocycles. The Labute approximate surface area is 174 Å². The van der Waals surface area contributed by atoms with Gasteiger partial charge in [-0.25, -0.2) is 4.79 Å². The van der Waals surface area contributed by atoms with Gasteiger partial charge < -0.3 is 9.15 Å². The molecule has 1 heterocycles. The van der Waals surface area contributed by atoms with Crippen LogP contribution in [0.25, 0.3) is 22.1 Å². The molecule has 4 heteroatoms. The minimum absolute atomic E-state index is 0.371. The van der Waals surface area contributed by atoms with Gasteiger partial charge in [0.1, 0.15) is 17.9 Å². The SMILES string of the molecule is Cc1ccc(C)c(COc2ccc3c(C)c(-c4ccc(Cl)cc4)c(=O)oc3c2)c1. The van der Waals surface area contributed by atoms with Gasteiger partial charge in [-0.2, -0.15) is 0 Å². The van der Waals surface area contributed by atoms with Crippen LogP contribution in [0.15, 0.2) is 69.9 Å². The molecule has 4 rings (SSSR count). The molecule has 0 aliphatic rings. The zero-order chi connectivity index (χ0) is 20.5. The van der Waals surface area contributed by atoms with Crippen molar-refractivity contribution in [2.45, 2.75) is 27.4 Å². The quantitative estimate of drug-likeness (QED) is 0.359. The fourth-order valence-electron chi connectivity index (χ4n) is 3.49. The molecule has 0 unspecified atom stereocenters. The van der Waals surface area contributed by atoms with Crippen molar-refractivity contribution in [1.82, 2.24) is 0 Å². The van der Waals surface area contributed by atoms with Crippen molar-refractivity contribution in [3.63, 3.8) is 0 Å². The van der Waals surface area contributed by atoms with Crippen LogP contribution in [0.4, 0.5) is 0 Å². The minimum atomic E-state index is -0.371. The molecule has 0 saturated heterocycles. The third kappa shape index (κ3) is 3.92. The van der Waals surface area contributed by atoms with E-state index >= 15 is 0 Å². The molecule has 3 aromatic carbocycles. The van der Waals surface area contributed by atoms with Gasteiger partial charge in [0.15, 0.2) is 0 Å². The lowest BCUT2D eigenvalue weighted by atomic mass is 9.99. The lowest BCUT2D eigenvalue weighted by molar-refractivity contribution is 0.305. The minimum Gasteiger partial charge on any atom is -0.489 e. The summed E-state index contributed by atoms with van der Waals surface area (Å²) in [5.74, 6) is 0.667. The molecule has 1 aromatic heterocycles. The Morgan fingerprint density at radius 2 is 1.69 bits per heavy atom. The molecular weight excluding hydrogens is 384 g/mol. The van der Waals surface area contributed by atoms with E-state index in [1.54, 1.807) is 18.2 Å². The first kappa shape index (κ1) is 19.3. The summed E-state index contributed by atoms with van der Waals surface area (Å²) < 4.78 is 11.6. The molecule has 3 nitrogen and oxygen atoms in total. The third-order valence-electron chi connectivity index (χ3n) is 5.17. The smallest absolute Gasteiger partial charge is 0.344 e. The van der Waals surface area contributed by atoms with E-state index < -0.39 is 0 Å². The van der Waals surface area contributed by atoms with E-state index in [0.717, 1.165) is 22.1 Å². The summed E-state index contributed by atoms with van der Waals surface area (Å²) in [5, 5.41) is 1.51. The van der Waals surface area contributed by atoms with E-state index in [-0.39, 0.29) is 5.63 Å². The number of aryl methyl sites for hydroxylation is 3. The maximum Gasteiger partial charge on any atom is 0.344 e. The Hall–Kier alpha value is -3.04. The Balaban J connectivity index is 1.68. The Morgan fingerprint density at radius 3 is 2.45 bits per heavy atom. The van der Waals surface area contributed by atoms with Crippen LogP contribution >= 0.6 is 11.6 Å². The Morgan fingerprint density at radius 1 is 0.931 bits per heavy atom. The fraction of sp³-hybridized carbons (Fsp3) is 0.160. The molecule has 0 saturated carbocycles. The van der Waals surface area contributed by atoms with E-state index in [4.69, 9.17) is 20.8 Å². The van der Waals surface area contributed by atoms with Crippen molar-refractivity contribution in [1.29, 1.82) is 0 Å². The average Bonchev–Trinajstić information content (AvgIpc) is 2.70. The maximum atomic E-state index is 12.7. The van der Waals surface area contributed by atoms with Crippen LogP contribution in [0.1, 0.15) is 22.3 Å². The number of rotatable bonds is 4. The van der Waals surface area contributed by atoms with Crippen molar-refractivity contribution in [3.05, 3.63) is 98.4 Å². The molecule has 0 N–H and O–H groups in total. The van der Waals surface area contributed by atoms with Crippen LogP contribution in [0, 0.1) is 20.8 Å². The number of benzene rings is 3. The predicted octanol–water partition coefficient (Wildman–Crippen LogP) is 6.62. The molecule has 0 bridgehead atoms. The summed E-state index contributed by atoms with van der Waals surface area (Å²) in [6.45, 7) is 6.53. The van der Waals surface area contributed by atoms with Gasteiger partial charge >= 0.3 is 5.63 Å². The fourth-order valence-corrected chi connectivity index (χ4v) is 3.62. The van der Waals surface area contributed by atoms with Gasteiger partial charge in [0.05, 0.1) is 5.56 Å². The molecule has 0 amide bonds. The molecular formula is C25H21ClO3. The summed E-state index contributed by atoms with van der Waals surface area (Å²) in [5.41, 5.74) is 5.89. The van der Waals surface area contributed by atoms with Crippen molar-refractivity contribution in [3.8, 4) is 16.9 Å². The van der Waals surface area contributed by atoms with Crippen LogP contribution in [0.5, 0.6) is 5.75 Å². The number of halogens is 1. The van der Waals surface area contributed by atoms with Gasteiger partial charge in [0.25, 0.3) is 0 Å². The van der Waals surface area contributed by atoms with Crippen LogP contribution in [0.3, 0.4) is 0 Å². The number of ether oxygens (including phenoxy) is 1. The van der Waals surface area contributed by atoms with Crippen LogP contribution in [-0.2, 0) is 6.61 Å². The molecule has 4 aromatic rings. The van der Waals surface area contributed by atoms with E-state index in [9.17, 15) is 4.79 Å². The first-order chi connectivity index (χ1) is 13.9. The maximum absolute atomic E-state index is 12.7. The van der Waals surface area contributed by atoms with E-state index in [1.807, 2.05) is 31.2 Å². The standard InChI is InChI=1S/C25H21ClO3/c1-15-4-5-16(2)19(12-15)14-28-21-10-11-22-17(3)24(25(27)29-23(22)13-21)18-6-8-20(26)9-7-18/h4-13H,14H2,1-3H3. The van der Waals surface area contributed by atoms with Gasteiger partial charge in [0.2, 0.25) is 0 Å². The van der Waals surface area contributed by atoms with E-state index in [1.165, 1.54) is 11.1 Å². The second kappa shape index (κ2) is 7.76. The highest BCUT2D eigenvalue weighted by molar-refractivity contribution is 6.30. The first-order valence-electron chi connectivity index (χ1n) is 9.45. The average molecular weight is 405 g/mol. The summed E-state index contributed by atoms with van der Waals surface area (Å²) in [4.78, 5) is 12.7.